The maximum atomic E-state index is 13.2. The predicted molar refractivity (Wildman–Crippen MR) is 68.3 cm³/mol. The first-order chi connectivity index (χ1) is 9.40. The molecule has 1 aromatic carbocycles. The molecule has 0 bridgehead atoms. The number of hydrogen-bond donors (Lipinski definition) is 1. The van der Waals surface area contributed by atoms with E-state index in [1.165, 1.54) is 18.2 Å². The van der Waals surface area contributed by atoms with Gasteiger partial charge in [-0.3, -0.25) is 4.90 Å². The first-order valence-electron chi connectivity index (χ1n) is 6.36. The number of rotatable bonds is 3. The lowest BCUT2D eigenvalue weighted by Crippen LogP contribution is -2.32. The summed E-state index contributed by atoms with van der Waals surface area (Å²) in [5.41, 5.74) is 6.65. The summed E-state index contributed by atoms with van der Waals surface area (Å²) in [6.45, 7) is 1.22. The molecule has 20 heavy (non-hydrogen) atoms. The van der Waals surface area contributed by atoms with E-state index in [1.807, 2.05) is 4.90 Å². The van der Waals surface area contributed by atoms with E-state index in [-0.39, 0.29) is 25.3 Å². The number of alkyl halides is 3. The molecule has 1 aromatic rings. The standard InChI is InChI=1S/C14H16F4N2/c15-13-2-1-10(8-19)11(7-13)9-20-5-3-12(4-6-20)14(16,17)18/h1-3,7H,4-6,8-9,19H2. The zero-order chi connectivity index (χ0) is 14.8. The molecule has 1 heterocycles. The summed E-state index contributed by atoms with van der Waals surface area (Å²) in [4.78, 5) is 1.85. The van der Waals surface area contributed by atoms with Gasteiger partial charge in [-0.1, -0.05) is 12.1 Å². The minimum absolute atomic E-state index is 0.0310. The highest BCUT2D eigenvalue weighted by Gasteiger charge is 2.34. The van der Waals surface area contributed by atoms with Crippen LogP contribution >= 0.6 is 0 Å². The monoisotopic (exact) mass is 288 g/mol. The third-order valence-corrected chi connectivity index (χ3v) is 3.44. The Bertz CT molecular complexity index is 508. The Balaban J connectivity index is 2.06. The van der Waals surface area contributed by atoms with E-state index in [2.05, 4.69) is 0 Å². The van der Waals surface area contributed by atoms with E-state index in [1.54, 1.807) is 6.07 Å². The molecule has 0 saturated heterocycles. The molecule has 0 amide bonds. The van der Waals surface area contributed by atoms with Gasteiger partial charge in [0.1, 0.15) is 5.82 Å². The summed E-state index contributed by atoms with van der Waals surface area (Å²) >= 11 is 0. The predicted octanol–water partition coefficient (Wildman–Crippen LogP) is 2.98. The molecule has 0 aromatic heterocycles. The molecule has 2 rings (SSSR count). The van der Waals surface area contributed by atoms with Crippen LogP contribution in [0.15, 0.2) is 29.8 Å². The molecule has 1 aliphatic heterocycles. The Morgan fingerprint density at radius 1 is 1.20 bits per heavy atom. The molecule has 0 spiro atoms. The lowest BCUT2D eigenvalue weighted by Gasteiger charge is -2.27. The fourth-order valence-corrected chi connectivity index (χ4v) is 2.29. The van der Waals surface area contributed by atoms with Gasteiger partial charge in [-0.25, -0.2) is 4.39 Å². The van der Waals surface area contributed by atoms with E-state index < -0.39 is 11.7 Å². The van der Waals surface area contributed by atoms with Crippen LogP contribution in [0.5, 0.6) is 0 Å². The van der Waals surface area contributed by atoms with Crippen molar-refractivity contribution in [2.75, 3.05) is 13.1 Å². The van der Waals surface area contributed by atoms with Crippen LogP contribution in [0.3, 0.4) is 0 Å². The highest BCUT2D eigenvalue weighted by molar-refractivity contribution is 5.28. The first kappa shape index (κ1) is 15.0. The lowest BCUT2D eigenvalue weighted by molar-refractivity contribution is -0.0960. The lowest BCUT2D eigenvalue weighted by atomic mass is 10.0. The van der Waals surface area contributed by atoms with Crippen molar-refractivity contribution in [1.82, 2.24) is 4.90 Å². The molecule has 2 nitrogen and oxygen atoms in total. The van der Waals surface area contributed by atoms with Gasteiger partial charge in [0, 0.05) is 31.8 Å². The molecule has 0 saturated carbocycles. The van der Waals surface area contributed by atoms with E-state index in [0.717, 1.165) is 11.1 Å². The quantitative estimate of drug-likeness (QED) is 0.684. The molecule has 6 heteroatoms. The van der Waals surface area contributed by atoms with Gasteiger partial charge in [0.2, 0.25) is 0 Å². The van der Waals surface area contributed by atoms with Crippen molar-refractivity contribution in [3.05, 3.63) is 46.8 Å². The summed E-state index contributed by atoms with van der Waals surface area (Å²) < 4.78 is 50.8. The van der Waals surface area contributed by atoms with E-state index in [0.29, 0.717) is 13.1 Å². The maximum absolute atomic E-state index is 13.2. The van der Waals surface area contributed by atoms with Gasteiger partial charge in [-0.2, -0.15) is 13.2 Å². The number of benzene rings is 1. The van der Waals surface area contributed by atoms with Crippen molar-refractivity contribution in [2.45, 2.75) is 25.7 Å². The molecule has 0 radical (unpaired) electrons. The summed E-state index contributed by atoms with van der Waals surface area (Å²) in [6.07, 6.45) is -3.07. The minimum atomic E-state index is -4.24. The summed E-state index contributed by atoms with van der Waals surface area (Å²) in [5.74, 6) is -0.360. The highest BCUT2D eigenvalue weighted by atomic mass is 19.4. The molecule has 0 unspecified atom stereocenters. The van der Waals surface area contributed by atoms with Crippen LogP contribution in [0.1, 0.15) is 17.5 Å². The number of halogens is 4. The third kappa shape index (κ3) is 3.58. The Morgan fingerprint density at radius 2 is 1.95 bits per heavy atom. The average molecular weight is 288 g/mol. The van der Waals surface area contributed by atoms with Crippen LogP contribution < -0.4 is 5.73 Å². The first-order valence-corrected chi connectivity index (χ1v) is 6.36. The maximum Gasteiger partial charge on any atom is 0.412 e. The molecule has 1 aliphatic rings. The van der Waals surface area contributed by atoms with Gasteiger partial charge in [0.05, 0.1) is 0 Å². The second-order valence-electron chi connectivity index (χ2n) is 4.83. The van der Waals surface area contributed by atoms with Crippen LogP contribution in [-0.4, -0.2) is 24.2 Å². The van der Waals surface area contributed by atoms with Gasteiger partial charge in [-0.05, 0) is 29.7 Å². The van der Waals surface area contributed by atoms with Gasteiger partial charge in [-0.15, -0.1) is 0 Å². The van der Waals surface area contributed by atoms with Crippen LogP contribution in [0.25, 0.3) is 0 Å². The fourth-order valence-electron chi connectivity index (χ4n) is 2.29. The average Bonchev–Trinajstić information content (AvgIpc) is 2.38. The van der Waals surface area contributed by atoms with Gasteiger partial charge in [0.15, 0.2) is 0 Å². The SMILES string of the molecule is NCc1ccc(F)cc1CN1CC=C(C(F)(F)F)CC1. The molecule has 0 atom stereocenters. The van der Waals surface area contributed by atoms with Crippen LogP contribution in [0, 0.1) is 5.82 Å². The Morgan fingerprint density at radius 3 is 2.50 bits per heavy atom. The Labute approximate surface area is 114 Å². The third-order valence-electron chi connectivity index (χ3n) is 3.44. The number of nitrogens with two attached hydrogens (primary N) is 1. The number of nitrogens with zero attached hydrogens (tertiary/aromatic N) is 1. The summed E-state index contributed by atoms with van der Waals surface area (Å²) in [5, 5.41) is 0. The molecular weight excluding hydrogens is 272 g/mol. The smallest absolute Gasteiger partial charge is 0.326 e. The highest BCUT2D eigenvalue weighted by Crippen LogP contribution is 2.30. The molecular formula is C14H16F4N2. The number of hydrogen-bond acceptors (Lipinski definition) is 2. The van der Waals surface area contributed by atoms with Crippen molar-refractivity contribution in [3.8, 4) is 0 Å². The van der Waals surface area contributed by atoms with Gasteiger partial charge >= 0.3 is 6.18 Å². The molecule has 0 aliphatic carbocycles. The van der Waals surface area contributed by atoms with E-state index in [9.17, 15) is 17.6 Å². The second-order valence-corrected chi connectivity index (χ2v) is 4.83. The van der Waals surface area contributed by atoms with Crippen molar-refractivity contribution in [1.29, 1.82) is 0 Å². The molecule has 2 N–H and O–H groups in total. The van der Waals surface area contributed by atoms with Crippen LogP contribution in [0.4, 0.5) is 17.6 Å². The zero-order valence-electron chi connectivity index (χ0n) is 10.9. The van der Waals surface area contributed by atoms with Crippen molar-refractivity contribution >= 4 is 0 Å². The normalized spacial score (nSPS) is 17.1. The van der Waals surface area contributed by atoms with E-state index >= 15 is 0 Å². The van der Waals surface area contributed by atoms with E-state index in [4.69, 9.17) is 5.73 Å². The summed E-state index contributed by atoms with van der Waals surface area (Å²) in [7, 11) is 0. The molecule has 110 valence electrons. The summed E-state index contributed by atoms with van der Waals surface area (Å²) in [6, 6.07) is 4.35. The topological polar surface area (TPSA) is 29.3 Å². The largest absolute Gasteiger partial charge is 0.412 e. The van der Waals surface area contributed by atoms with Gasteiger partial charge in [0.25, 0.3) is 0 Å². The van der Waals surface area contributed by atoms with Gasteiger partial charge < -0.3 is 5.73 Å². The Hall–Kier alpha value is -1.40. The minimum Gasteiger partial charge on any atom is -0.326 e. The van der Waals surface area contributed by atoms with Crippen molar-refractivity contribution < 1.29 is 17.6 Å². The fraction of sp³-hybridized carbons (Fsp3) is 0.429. The second kappa shape index (κ2) is 5.93. The van der Waals surface area contributed by atoms with Crippen LogP contribution in [0.2, 0.25) is 0 Å². The van der Waals surface area contributed by atoms with Crippen molar-refractivity contribution in [2.24, 2.45) is 5.73 Å². The van der Waals surface area contributed by atoms with Crippen LogP contribution in [-0.2, 0) is 13.1 Å². The Kier molecular flexibility index (Phi) is 4.45. The zero-order valence-corrected chi connectivity index (χ0v) is 10.9. The van der Waals surface area contributed by atoms with Crippen molar-refractivity contribution in [3.63, 3.8) is 0 Å². The molecule has 0 fully saturated rings.